The number of benzene rings is 2. The maximum absolute atomic E-state index is 13.8. The monoisotopic (exact) mass is 314 g/mol. The zero-order valence-corrected chi connectivity index (χ0v) is 11.5. The van der Waals surface area contributed by atoms with Gasteiger partial charge in [0.2, 0.25) is 0 Å². The Balaban J connectivity index is 2.14. The standard InChI is InChI=1S/C13H12F2N2O3S/c14-10-3-1-2-4-12(10)20-13-6-5-9(7-11(13)15)8-17-21(16,18)19/h1-7,17H,8H2,(H2,16,18,19). The highest BCUT2D eigenvalue weighted by atomic mass is 32.2. The summed E-state index contributed by atoms with van der Waals surface area (Å²) < 4.78 is 55.9. The fourth-order valence-electron chi connectivity index (χ4n) is 1.57. The lowest BCUT2D eigenvalue weighted by atomic mass is 10.2. The van der Waals surface area contributed by atoms with Crippen LogP contribution in [0.2, 0.25) is 0 Å². The van der Waals surface area contributed by atoms with Crippen molar-refractivity contribution in [1.82, 2.24) is 4.72 Å². The Hall–Kier alpha value is -2.03. The van der Waals surface area contributed by atoms with E-state index in [2.05, 4.69) is 0 Å². The highest BCUT2D eigenvalue weighted by Gasteiger charge is 2.10. The average Bonchev–Trinajstić information content (AvgIpc) is 2.41. The first-order valence-corrected chi connectivity index (χ1v) is 7.38. The van der Waals surface area contributed by atoms with Crippen LogP contribution in [0.25, 0.3) is 0 Å². The molecule has 5 nitrogen and oxygen atoms in total. The fourth-order valence-corrected chi connectivity index (χ4v) is 1.93. The van der Waals surface area contributed by atoms with Gasteiger partial charge in [-0.3, -0.25) is 0 Å². The summed E-state index contributed by atoms with van der Waals surface area (Å²) in [5.41, 5.74) is 0.349. The molecule has 0 aliphatic carbocycles. The number of ether oxygens (including phenoxy) is 1. The maximum Gasteiger partial charge on any atom is 0.274 e. The first kappa shape index (κ1) is 15.4. The van der Waals surface area contributed by atoms with Crippen molar-refractivity contribution in [3.05, 3.63) is 59.7 Å². The quantitative estimate of drug-likeness (QED) is 0.886. The molecule has 0 atom stereocenters. The van der Waals surface area contributed by atoms with Crippen LogP contribution in [0.3, 0.4) is 0 Å². The lowest BCUT2D eigenvalue weighted by Gasteiger charge is -2.09. The van der Waals surface area contributed by atoms with Crippen LogP contribution in [0.4, 0.5) is 8.78 Å². The molecule has 0 saturated carbocycles. The normalized spacial score (nSPS) is 11.4. The summed E-state index contributed by atoms with van der Waals surface area (Å²) in [5.74, 6) is -1.63. The molecular weight excluding hydrogens is 302 g/mol. The Morgan fingerprint density at radius 1 is 1.05 bits per heavy atom. The first-order chi connectivity index (χ1) is 9.85. The van der Waals surface area contributed by atoms with Crippen molar-refractivity contribution in [3.8, 4) is 11.5 Å². The summed E-state index contributed by atoms with van der Waals surface area (Å²) >= 11 is 0. The van der Waals surface area contributed by atoms with Gasteiger partial charge in [-0.15, -0.1) is 0 Å². The second-order valence-electron chi connectivity index (χ2n) is 4.16. The predicted octanol–water partition coefficient (Wildman–Crippen LogP) is 2.05. The van der Waals surface area contributed by atoms with Crippen LogP contribution in [-0.2, 0) is 16.8 Å². The van der Waals surface area contributed by atoms with Gasteiger partial charge in [-0.25, -0.2) is 13.9 Å². The van der Waals surface area contributed by atoms with Crippen molar-refractivity contribution in [2.45, 2.75) is 6.54 Å². The van der Waals surface area contributed by atoms with Crippen molar-refractivity contribution in [2.24, 2.45) is 5.14 Å². The van der Waals surface area contributed by atoms with Crippen LogP contribution in [0.15, 0.2) is 42.5 Å². The van der Waals surface area contributed by atoms with Gasteiger partial charge in [0.15, 0.2) is 23.1 Å². The third-order valence-electron chi connectivity index (χ3n) is 2.53. The average molecular weight is 314 g/mol. The van der Waals surface area contributed by atoms with Crippen LogP contribution < -0.4 is 14.6 Å². The smallest absolute Gasteiger partial charge is 0.274 e. The number of hydrogen-bond donors (Lipinski definition) is 2. The van der Waals surface area contributed by atoms with E-state index in [4.69, 9.17) is 9.88 Å². The molecule has 0 amide bonds. The van der Waals surface area contributed by atoms with Gasteiger partial charge in [0.05, 0.1) is 0 Å². The van der Waals surface area contributed by atoms with E-state index in [0.29, 0.717) is 5.56 Å². The lowest BCUT2D eigenvalue weighted by Crippen LogP contribution is -2.30. The second kappa shape index (κ2) is 6.17. The van der Waals surface area contributed by atoms with Gasteiger partial charge in [0.1, 0.15) is 0 Å². The maximum atomic E-state index is 13.8. The number of nitrogens with two attached hydrogens (primary N) is 1. The van der Waals surface area contributed by atoms with Gasteiger partial charge in [0, 0.05) is 6.54 Å². The summed E-state index contributed by atoms with van der Waals surface area (Å²) in [6.45, 7) is -0.157. The summed E-state index contributed by atoms with van der Waals surface area (Å²) in [6.07, 6.45) is 0. The summed E-state index contributed by atoms with van der Waals surface area (Å²) in [7, 11) is -3.85. The Morgan fingerprint density at radius 2 is 1.71 bits per heavy atom. The molecule has 0 aromatic heterocycles. The molecule has 2 aromatic rings. The summed E-state index contributed by atoms with van der Waals surface area (Å²) in [5, 5.41) is 4.77. The molecule has 0 aliphatic rings. The van der Waals surface area contributed by atoms with Crippen molar-refractivity contribution >= 4 is 10.2 Å². The highest BCUT2D eigenvalue weighted by Crippen LogP contribution is 2.27. The zero-order chi connectivity index (χ0) is 15.5. The minimum atomic E-state index is -3.85. The molecule has 0 unspecified atom stereocenters. The largest absolute Gasteiger partial charge is 0.451 e. The number of hydrogen-bond acceptors (Lipinski definition) is 3. The first-order valence-electron chi connectivity index (χ1n) is 5.83. The van der Waals surface area contributed by atoms with E-state index in [0.717, 1.165) is 6.07 Å². The van der Waals surface area contributed by atoms with Crippen LogP contribution >= 0.6 is 0 Å². The van der Waals surface area contributed by atoms with E-state index in [-0.39, 0.29) is 18.0 Å². The van der Waals surface area contributed by atoms with E-state index in [1.807, 2.05) is 4.72 Å². The van der Waals surface area contributed by atoms with Crippen LogP contribution in [0.1, 0.15) is 5.56 Å². The van der Waals surface area contributed by atoms with Crippen LogP contribution in [0, 0.1) is 11.6 Å². The highest BCUT2D eigenvalue weighted by molar-refractivity contribution is 7.87. The molecule has 8 heteroatoms. The van der Waals surface area contributed by atoms with E-state index >= 15 is 0 Å². The van der Waals surface area contributed by atoms with Crippen molar-refractivity contribution < 1.29 is 21.9 Å². The number of nitrogens with one attached hydrogen (secondary N) is 1. The third kappa shape index (κ3) is 4.48. The molecule has 2 aromatic carbocycles. The third-order valence-corrected chi connectivity index (χ3v) is 3.08. The predicted molar refractivity (Wildman–Crippen MR) is 72.8 cm³/mol. The van der Waals surface area contributed by atoms with Gasteiger partial charge in [-0.1, -0.05) is 18.2 Å². The number of rotatable bonds is 5. The van der Waals surface area contributed by atoms with Gasteiger partial charge >= 0.3 is 0 Å². The van der Waals surface area contributed by atoms with Gasteiger partial charge < -0.3 is 4.74 Å². The van der Waals surface area contributed by atoms with Crippen molar-refractivity contribution in [2.75, 3.05) is 0 Å². The Bertz CT molecular complexity index is 751. The molecule has 0 heterocycles. The SMILES string of the molecule is NS(=O)(=O)NCc1ccc(Oc2ccccc2F)c(F)c1. The number of para-hydroxylation sites is 1. The van der Waals surface area contributed by atoms with Gasteiger partial charge in [0.25, 0.3) is 10.2 Å². The molecular formula is C13H12F2N2O3S. The fraction of sp³-hybridized carbons (Fsp3) is 0.0769. The van der Waals surface area contributed by atoms with Crippen molar-refractivity contribution in [1.29, 1.82) is 0 Å². The Kier molecular flexibility index (Phi) is 4.51. The van der Waals surface area contributed by atoms with Crippen LogP contribution in [-0.4, -0.2) is 8.42 Å². The van der Waals surface area contributed by atoms with Gasteiger partial charge in [-0.05, 0) is 29.8 Å². The molecule has 0 saturated heterocycles. The zero-order valence-electron chi connectivity index (χ0n) is 10.7. The minimum Gasteiger partial charge on any atom is -0.451 e. The second-order valence-corrected chi connectivity index (χ2v) is 5.54. The van der Waals surface area contributed by atoms with E-state index in [1.54, 1.807) is 6.07 Å². The van der Waals surface area contributed by atoms with E-state index in [9.17, 15) is 17.2 Å². The van der Waals surface area contributed by atoms with E-state index in [1.165, 1.54) is 30.3 Å². The molecule has 0 spiro atoms. The topological polar surface area (TPSA) is 81.4 Å². The minimum absolute atomic E-state index is 0.105. The molecule has 2 rings (SSSR count). The van der Waals surface area contributed by atoms with Crippen molar-refractivity contribution in [3.63, 3.8) is 0 Å². The summed E-state index contributed by atoms with van der Waals surface area (Å²) in [4.78, 5) is 0. The molecule has 21 heavy (non-hydrogen) atoms. The molecule has 0 bridgehead atoms. The molecule has 0 fully saturated rings. The molecule has 0 aliphatic heterocycles. The lowest BCUT2D eigenvalue weighted by molar-refractivity contribution is 0.414. The Morgan fingerprint density at radius 3 is 2.33 bits per heavy atom. The molecule has 0 radical (unpaired) electrons. The molecule has 112 valence electrons. The van der Waals surface area contributed by atoms with E-state index < -0.39 is 21.8 Å². The van der Waals surface area contributed by atoms with Crippen LogP contribution in [0.5, 0.6) is 11.5 Å². The Labute approximate surface area is 120 Å². The summed E-state index contributed by atoms with van der Waals surface area (Å²) in [6, 6.07) is 9.40. The van der Waals surface area contributed by atoms with Gasteiger partial charge in [-0.2, -0.15) is 13.1 Å². The molecule has 3 N–H and O–H groups in total. The number of halogens is 2.